The SMILES string of the molecule is Cc1cc(-c2nc(C3CCCCC3)n(CC(=O)N3CCN(c4ncc(Br)cn4)CC3)n2)ccc1F. The molecule has 1 saturated carbocycles. The fraction of sp³-hybridized carbons (Fsp3) is 0.480. The number of carbonyl (C=O) groups is 1. The average Bonchev–Trinajstić information content (AvgIpc) is 3.30. The van der Waals surface area contributed by atoms with Gasteiger partial charge in [0.05, 0.1) is 4.47 Å². The number of halogens is 2. The first-order valence-corrected chi connectivity index (χ1v) is 13.0. The van der Waals surface area contributed by atoms with Crippen molar-refractivity contribution < 1.29 is 9.18 Å². The molecule has 10 heteroatoms. The highest BCUT2D eigenvalue weighted by Gasteiger charge is 2.27. The summed E-state index contributed by atoms with van der Waals surface area (Å²) in [6.07, 6.45) is 9.14. The Morgan fingerprint density at radius 3 is 2.49 bits per heavy atom. The third-order valence-electron chi connectivity index (χ3n) is 6.89. The average molecular weight is 542 g/mol. The van der Waals surface area contributed by atoms with Crippen molar-refractivity contribution in [1.82, 2.24) is 29.6 Å². The molecule has 3 heterocycles. The van der Waals surface area contributed by atoms with E-state index in [2.05, 4.69) is 30.8 Å². The van der Waals surface area contributed by atoms with Crippen LogP contribution in [-0.4, -0.2) is 61.7 Å². The second-order valence-electron chi connectivity index (χ2n) is 9.32. The minimum atomic E-state index is -0.247. The standard InChI is InChI=1S/C25H29BrFN7O/c1-17-13-19(7-8-21(17)27)23-30-24(18-5-3-2-4-6-18)34(31-23)16-22(35)32-9-11-33(12-10-32)25-28-14-20(26)15-29-25/h7-8,13-15,18H,2-6,9-12,16H2,1H3. The lowest BCUT2D eigenvalue weighted by Gasteiger charge is -2.34. The summed E-state index contributed by atoms with van der Waals surface area (Å²) >= 11 is 3.36. The number of rotatable bonds is 5. The molecule has 2 aliphatic rings. The Morgan fingerprint density at radius 2 is 1.80 bits per heavy atom. The Hall–Kier alpha value is -2.88. The van der Waals surface area contributed by atoms with Crippen molar-refractivity contribution >= 4 is 27.8 Å². The van der Waals surface area contributed by atoms with E-state index < -0.39 is 0 Å². The van der Waals surface area contributed by atoms with Gasteiger partial charge in [-0.05, 0) is 59.5 Å². The van der Waals surface area contributed by atoms with Gasteiger partial charge in [-0.3, -0.25) is 4.79 Å². The van der Waals surface area contributed by atoms with E-state index >= 15 is 0 Å². The van der Waals surface area contributed by atoms with E-state index in [1.54, 1.807) is 36.1 Å². The summed E-state index contributed by atoms with van der Waals surface area (Å²) in [7, 11) is 0. The second kappa shape index (κ2) is 10.4. The maximum atomic E-state index is 13.8. The Bertz CT molecular complexity index is 1190. The third-order valence-corrected chi connectivity index (χ3v) is 7.30. The van der Waals surface area contributed by atoms with E-state index in [0.29, 0.717) is 49.4 Å². The van der Waals surface area contributed by atoms with E-state index in [1.807, 2.05) is 4.90 Å². The van der Waals surface area contributed by atoms with Gasteiger partial charge in [0, 0.05) is 50.1 Å². The molecule has 1 saturated heterocycles. The number of amides is 1. The van der Waals surface area contributed by atoms with Crippen LogP contribution in [-0.2, 0) is 11.3 Å². The molecule has 1 aromatic carbocycles. The molecule has 35 heavy (non-hydrogen) atoms. The van der Waals surface area contributed by atoms with Gasteiger partial charge < -0.3 is 9.80 Å². The van der Waals surface area contributed by atoms with Gasteiger partial charge in [-0.15, -0.1) is 0 Å². The summed E-state index contributed by atoms with van der Waals surface area (Å²) in [5.41, 5.74) is 1.33. The largest absolute Gasteiger partial charge is 0.338 e. The fourth-order valence-electron chi connectivity index (χ4n) is 4.89. The van der Waals surface area contributed by atoms with Crippen LogP contribution in [0.5, 0.6) is 0 Å². The second-order valence-corrected chi connectivity index (χ2v) is 10.2. The van der Waals surface area contributed by atoms with Gasteiger partial charge in [0.2, 0.25) is 11.9 Å². The van der Waals surface area contributed by atoms with Crippen molar-refractivity contribution in [3.8, 4) is 11.4 Å². The molecule has 0 atom stereocenters. The van der Waals surface area contributed by atoms with E-state index in [1.165, 1.54) is 12.5 Å². The molecule has 0 radical (unpaired) electrons. The highest BCUT2D eigenvalue weighted by molar-refractivity contribution is 9.10. The summed E-state index contributed by atoms with van der Waals surface area (Å²) in [4.78, 5) is 30.8. The van der Waals surface area contributed by atoms with E-state index in [9.17, 15) is 9.18 Å². The normalized spacial score (nSPS) is 17.1. The molecule has 5 rings (SSSR count). The van der Waals surface area contributed by atoms with Crippen LogP contribution in [0.1, 0.15) is 49.4 Å². The number of piperazine rings is 1. The van der Waals surface area contributed by atoms with Crippen LogP contribution in [0.2, 0.25) is 0 Å². The lowest BCUT2D eigenvalue weighted by atomic mass is 9.88. The first-order valence-electron chi connectivity index (χ1n) is 12.2. The number of anilines is 1. The molecule has 3 aromatic rings. The van der Waals surface area contributed by atoms with Crippen molar-refractivity contribution in [2.45, 2.75) is 51.5 Å². The number of aromatic nitrogens is 5. The zero-order valence-electron chi connectivity index (χ0n) is 19.8. The Kier molecular flexibility index (Phi) is 7.08. The monoisotopic (exact) mass is 541 g/mol. The summed E-state index contributed by atoms with van der Waals surface area (Å²) in [6, 6.07) is 4.92. The van der Waals surface area contributed by atoms with E-state index in [-0.39, 0.29) is 18.3 Å². The van der Waals surface area contributed by atoms with Gasteiger partial charge in [0.15, 0.2) is 5.82 Å². The van der Waals surface area contributed by atoms with Gasteiger partial charge in [0.1, 0.15) is 18.2 Å². The van der Waals surface area contributed by atoms with E-state index in [4.69, 9.17) is 10.1 Å². The van der Waals surface area contributed by atoms with Crippen LogP contribution < -0.4 is 4.90 Å². The highest BCUT2D eigenvalue weighted by Crippen LogP contribution is 2.33. The van der Waals surface area contributed by atoms with Gasteiger partial charge in [-0.2, -0.15) is 5.10 Å². The van der Waals surface area contributed by atoms with Crippen molar-refractivity contribution in [3.05, 3.63) is 52.3 Å². The third kappa shape index (κ3) is 5.37. The van der Waals surface area contributed by atoms with Gasteiger partial charge in [0.25, 0.3) is 0 Å². The van der Waals surface area contributed by atoms with Crippen LogP contribution in [0, 0.1) is 12.7 Å². The molecular weight excluding hydrogens is 513 g/mol. The Labute approximate surface area is 212 Å². The summed E-state index contributed by atoms with van der Waals surface area (Å²) in [5.74, 6) is 2.19. The minimum absolute atomic E-state index is 0.0326. The molecule has 1 aliphatic heterocycles. The number of benzene rings is 1. The molecule has 0 bridgehead atoms. The molecule has 0 N–H and O–H groups in total. The van der Waals surface area contributed by atoms with Crippen molar-refractivity contribution in [2.24, 2.45) is 0 Å². The minimum Gasteiger partial charge on any atom is -0.338 e. The van der Waals surface area contributed by atoms with Gasteiger partial charge >= 0.3 is 0 Å². The van der Waals surface area contributed by atoms with Crippen LogP contribution >= 0.6 is 15.9 Å². The zero-order valence-corrected chi connectivity index (χ0v) is 21.4. The van der Waals surface area contributed by atoms with Crippen molar-refractivity contribution in [2.75, 3.05) is 31.1 Å². The summed E-state index contributed by atoms with van der Waals surface area (Å²) < 4.78 is 16.4. The predicted octanol–water partition coefficient (Wildman–Crippen LogP) is 4.34. The summed E-state index contributed by atoms with van der Waals surface area (Å²) in [5, 5.41) is 4.73. The van der Waals surface area contributed by atoms with Gasteiger partial charge in [-0.1, -0.05) is 19.3 Å². The number of carbonyl (C=O) groups excluding carboxylic acids is 1. The first kappa shape index (κ1) is 23.8. The molecule has 0 spiro atoms. The van der Waals surface area contributed by atoms with Crippen LogP contribution in [0.25, 0.3) is 11.4 Å². The number of hydrogen-bond donors (Lipinski definition) is 0. The van der Waals surface area contributed by atoms with Crippen LogP contribution in [0.4, 0.5) is 10.3 Å². The number of nitrogens with zero attached hydrogens (tertiary/aromatic N) is 7. The number of hydrogen-bond acceptors (Lipinski definition) is 6. The van der Waals surface area contributed by atoms with E-state index in [0.717, 1.165) is 41.5 Å². The van der Waals surface area contributed by atoms with Crippen LogP contribution in [0.3, 0.4) is 0 Å². The van der Waals surface area contributed by atoms with Crippen molar-refractivity contribution in [1.29, 1.82) is 0 Å². The lowest BCUT2D eigenvalue weighted by molar-refractivity contribution is -0.132. The quantitative estimate of drug-likeness (QED) is 0.478. The molecule has 2 aromatic heterocycles. The highest BCUT2D eigenvalue weighted by atomic mass is 79.9. The zero-order chi connectivity index (χ0) is 24.4. The molecule has 1 aliphatic carbocycles. The molecule has 0 unspecified atom stereocenters. The number of aryl methyl sites for hydroxylation is 1. The molecule has 8 nitrogen and oxygen atoms in total. The lowest BCUT2D eigenvalue weighted by Crippen LogP contribution is -2.50. The first-order chi connectivity index (χ1) is 17.0. The maximum absolute atomic E-state index is 13.8. The van der Waals surface area contributed by atoms with Crippen molar-refractivity contribution in [3.63, 3.8) is 0 Å². The summed E-state index contributed by atoms with van der Waals surface area (Å²) in [6.45, 7) is 4.47. The Morgan fingerprint density at radius 1 is 1.09 bits per heavy atom. The fourth-order valence-corrected chi connectivity index (χ4v) is 5.10. The Balaban J connectivity index is 1.31. The molecule has 2 fully saturated rings. The molecular formula is C25H29BrFN7O. The predicted molar refractivity (Wildman–Crippen MR) is 135 cm³/mol. The maximum Gasteiger partial charge on any atom is 0.244 e. The smallest absolute Gasteiger partial charge is 0.244 e. The van der Waals surface area contributed by atoms with Crippen LogP contribution in [0.15, 0.2) is 35.1 Å². The molecule has 1 amide bonds. The topological polar surface area (TPSA) is 80.0 Å². The molecule has 184 valence electrons. The van der Waals surface area contributed by atoms with Gasteiger partial charge in [-0.25, -0.2) is 24.0 Å².